The number of nitrogens with one attached hydrogen (secondary N) is 1. The Morgan fingerprint density at radius 1 is 1.18 bits per heavy atom. The number of carbonyl (C=O) groups excluding carboxylic acids is 2. The van der Waals surface area contributed by atoms with Crippen molar-refractivity contribution in [3.63, 3.8) is 0 Å². The van der Waals surface area contributed by atoms with Crippen molar-refractivity contribution in [2.75, 3.05) is 44.8 Å². The highest BCUT2D eigenvalue weighted by Crippen LogP contribution is 2.28. The van der Waals surface area contributed by atoms with E-state index in [9.17, 15) is 24.8 Å². The summed E-state index contributed by atoms with van der Waals surface area (Å²) in [5, 5.41) is 23.8. The van der Waals surface area contributed by atoms with Gasteiger partial charge in [-0.05, 0) is 24.3 Å². The topological polar surface area (TPSA) is 138 Å². The minimum absolute atomic E-state index is 0.00809. The largest absolute Gasteiger partial charge is 0.493 e. The fraction of sp³-hybridized carbons (Fsp3) is 0.304. The van der Waals surface area contributed by atoms with Crippen molar-refractivity contribution in [3.05, 3.63) is 64.4 Å². The molecule has 3 aromatic rings. The number of aliphatic hydroxyl groups is 1. The molecule has 1 atom stereocenters. The SMILES string of the molecule is COc1cccc2cc(C(=O)NC(CO)C(=O)N3CCN(c4ccc([N+](=O)[O-])cc4)CC3)oc12. The van der Waals surface area contributed by atoms with Crippen molar-refractivity contribution >= 4 is 34.2 Å². The molecular weight excluding hydrogens is 444 g/mol. The number of para-hydroxylation sites is 1. The van der Waals surface area contributed by atoms with Gasteiger partial charge in [-0.15, -0.1) is 0 Å². The molecule has 2 amide bonds. The molecule has 11 heteroatoms. The maximum atomic E-state index is 12.9. The number of ether oxygens (including phenoxy) is 1. The van der Waals surface area contributed by atoms with Crippen LogP contribution in [-0.4, -0.2) is 72.7 Å². The number of methoxy groups -OCH3 is 1. The second-order valence-electron chi connectivity index (χ2n) is 7.78. The number of nitrogens with zero attached hydrogens (tertiary/aromatic N) is 3. The number of benzene rings is 2. The smallest absolute Gasteiger partial charge is 0.287 e. The third-order valence-corrected chi connectivity index (χ3v) is 5.75. The lowest BCUT2D eigenvalue weighted by molar-refractivity contribution is -0.384. The number of rotatable bonds is 7. The number of hydrogen-bond donors (Lipinski definition) is 2. The molecule has 1 aliphatic heterocycles. The van der Waals surface area contributed by atoms with Crippen molar-refractivity contribution in [2.24, 2.45) is 0 Å². The van der Waals surface area contributed by atoms with E-state index in [1.54, 1.807) is 41.3 Å². The zero-order valence-corrected chi connectivity index (χ0v) is 18.5. The summed E-state index contributed by atoms with van der Waals surface area (Å²) in [5.74, 6) is -0.519. The number of hydrogen-bond acceptors (Lipinski definition) is 8. The van der Waals surface area contributed by atoms with Gasteiger partial charge in [-0.3, -0.25) is 19.7 Å². The van der Waals surface area contributed by atoms with Crippen LogP contribution in [0, 0.1) is 10.1 Å². The van der Waals surface area contributed by atoms with Crippen LogP contribution in [0.4, 0.5) is 11.4 Å². The Balaban J connectivity index is 1.37. The van der Waals surface area contributed by atoms with Crippen LogP contribution in [0.2, 0.25) is 0 Å². The van der Waals surface area contributed by atoms with Gasteiger partial charge >= 0.3 is 0 Å². The highest BCUT2D eigenvalue weighted by atomic mass is 16.6. The van der Waals surface area contributed by atoms with Crippen LogP contribution in [0.5, 0.6) is 5.75 Å². The van der Waals surface area contributed by atoms with E-state index in [0.29, 0.717) is 42.9 Å². The van der Waals surface area contributed by atoms with Gasteiger partial charge < -0.3 is 29.4 Å². The van der Waals surface area contributed by atoms with Crippen LogP contribution < -0.4 is 15.0 Å². The number of anilines is 1. The molecule has 2 N–H and O–H groups in total. The Hall–Kier alpha value is -4.12. The quantitative estimate of drug-likeness (QED) is 0.395. The average Bonchev–Trinajstić information content (AvgIpc) is 3.32. The molecule has 0 saturated carbocycles. The summed E-state index contributed by atoms with van der Waals surface area (Å²) >= 11 is 0. The number of non-ortho nitro benzene ring substituents is 1. The van der Waals surface area contributed by atoms with Crippen molar-refractivity contribution in [1.29, 1.82) is 0 Å². The van der Waals surface area contributed by atoms with Crippen LogP contribution in [-0.2, 0) is 4.79 Å². The Morgan fingerprint density at radius 2 is 1.88 bits per heavy atom. The van der Waals surface area contributed by atoms with Crippen LogP contribution in [0.15, 0.2) is 52.9 Å². The van der Waals surface area contributed by atoms with Gasteiger partial charge in [-0.25, -0.2) is 0 Å². The number of amides is 2. The van der Waals surface area contributed by atoms with E-state index in [1.165, 1.54) is 19.2 Å². The van der Waals surface area contributed by atoms with Gasteiger partial charge in [0.15, 0.2) is 17.1 Å². The first-order valence-electron chi connectivity index (χ1n) is 10.7. The summed E-state index contributed by atoms with van der Waals surface area (Å²) in [6.07, 6.45) is 0. The van der Waals surface area contributed by atoms with E-state index in [4.69, 9.17) is 9.15 Å². The van der Waals surface area contributed by atoms with Crippen molar-refractivity contribution in [2.45, 2.75) is 6.04 Å². The van der Waals surface area contributed by atoms with E-state index < -0.39 is 29.4 Å². The van der Waals surface area contributed by atoms with Gasteiger partial charge in [0, 0.05) is 49.4 Å². The summed E-state index contributed by atoms with van der Waals surface area (Å²) < 4.78 is 10.9. The highest BCUT2D eigenvalue weighted by Gasteiger charge is 2.29. The number of nitro benzene ring substituents is 1. The molecular formula is C23H24N4O7. The second kappa shape index (κ2) is 9.79. The molecule has 0 spiro atoms. The van der Waals surface area contributed by atoms with Crippen LogP contribution in [0.25, 0.3) is 11.0 Å². The zero-order chi connectivity index (χ0) is 24.2. The molecule has 11 nitrogen and oxygen atoms in total. The van der Waals surface area contributed by atoms with E-state index in [1.807, 2.05) is 4.90 Å². The number of piperazine rings is 1. The van der Waals surface area contributed by atoms with Gasteiger partial charge in [0.05, 0.1) is 18.6 Å². The molecule has 2 heterocycles. The lowest BCUT2D eigenvalue weighted by atomic mass is 10.2. The molecule has 1 fully saturated rings. The third kappa shape index (κ3) is 4.64. The average molecular weight is 468 g/mol. The maximum Gasteiger partial charge on any atom is 0.287 e. The van der Waals surface area contributed by atoms with Gasteiger partial charge in [0.1, 0.15) is 6.04 Å². The molecule has 1 unspecified atom stereocenters. The predicted octanol–water partition coefficient (Wildman–Crippen LogP) is 1.79. The number of nitro groups is 1. The number of carbonyl (C=O) groups is 2. The van der Waals surface area contributed by atoms with Gasteiger partial charge in [0.2, 0.25) is 5.91 Å². The van der Waals surface area contributed by atoms with Crippen LogP contribution in [0.1, 0.15) is 10.6 Å². The number of aliphatic hydroxyl groups excluding tert-OH is 1. The Bertz CT molecular complexity index is 1200. The molecule has 1 aromatic heterocycles. The molecule has 0 radical (unpaired) electrons. The van der Waals surface area contributed by atoms with Crippen LogP contribution in [0.3, 0.4) is 0 Å². The summed E-state index contributed by atoms with van der Waals surface area (Å²) in [6, 6.07) is 11.9. The number of fused-ring (bicyclic) bond motifs is 1. The summed E-state index contributed by atoms with van der Waals surface area (Å²) in [5.41, 5.74) is 1.26. The lowest BCUT2D eigenvalue weighted by Crippen LogP contribution is -2.56. The van der Waals surface area contributed by atoms with E-state index in [0.717, 1.165) is 5.69 Å². The molecule has 1 aliphatic rings. The normalized spacial score (nSPS) is 14.6. The molecule has 4 rings (SSSR count). The second-order valence-corrected chi connectivity index (χ2v) is 7.78. The fourth-order valence-electron chi connectivity index (χ4n) is 3.91. The lowest BCUT2D eigenvalue weighted by Gasteiger charge is -2.37. The van der Waals surface area contributed by atoms with Crippen molar-refractivity contribution in [1.82, 2.24) is 10.2 Å². The first kappa shape index (κ1) is 23.1. The Kier molecular flexibility index (Phi) is 6.64. The molecule has 1 saturated heterocycles. The highest BCUT2D eigenvalue weighted by molar-refractivity contribution is 5.99. The van der Waals surface area contributed by atoms with Gasteiger partial charge in [0.25, 0.3) is 11.6 Å². The molecule has 0 aliphatic carbocycles. The first-order chi connectivity index (χ1) is 16.4. The number of furan rings is 1. The zero-order valence-electron chi connectivity index (χ0n) is 18.5. The monoisotopic (exact) mass is 468 g/mol. The molecule has 0 bridgehead atoms. The third-order valence-electron chi connectivity index (χ3n) is 5.75. The van der Waals surface area contributed by atoms with E-state index >= 15 is 0 Å². The maximum absolute atomic E-state index is 12.9. The standard InChI is InChI=1S/C23H24N4O7/c1-33-19-4-2-3-15-13-20(34-21(15)19)22(29)24-18(14-28)23(30)26-11-9-25(10-12-26)16-5-7-17(8-6-16)27(31)32/h2-8,13,18,28H,9-12,14H2,1H3,(H,24,29). The van der Waals surface area contributed by atoms with Gasteiger partial charge in [-0.2, -0.15) is 0 Å². The summed E-state index contributed by atoms with van der Waals surface area (Å²) in [7, 11) is 1.50. The predicted molar refractivity (Wildman–Crippen MR) is 123 cm³/mol. The van der Waals surface area contributed by atoms with Crippen LogP contribution >= 0.6 is 0 Å². The van der Waals surface area contributed by atoms with Crippen molar-refractivity contribution in [3.8, 4) is 5.75 Å². The molecule has 34 heavy (non-hydrogen) atoms. The molecule has 178 valence electrons. The first-order valence-corrected chi connectivity index (χ1v) is 10.7. The minimum atomic E-state index is -1.12. The summed E-state index contributed by atoms with van der Waals surface area (Å²) in [6.45, 7) is 1.22. The summed E-state index contributed by atoms with van der Waals surface area (Å²) in [4.78, 5) is 39.6. The van der Waals surface area contributed by atoms with Crippen molar-refractivity contribution < 1.29 is 28.8 Å². The van der Waals surface area contributed by atoms with E-state index in [-0.39, 0.29) is 11.4 Å². The molecule has 2 aromatic carbocycles. The minimum Gasteiger partial charge on any atom is -0.493 e. The Labute approximate surface area is 194 Å². The van der Waals surface area contributed by atoms with E-state index in [2.05, 4.69) is 5.32 Å². The fourth-order valence-corrected chi connectivity index (χ4v) is 3.91. The van der Waals surface area contributed by atoms with Gasteiger partial charge in [-0.1, -0.05) is 12.1 Å². The Morgan fingerprint density at radius 3 is 2.50 bits per heavy atom.